The van der Waals surface area contributed by atoms with E-state index < -0.39 is 17.4 Å². The lowest BCUT2D eigenvalue weighted by Crippen LogP contribution is -2.28. The van der Waals surface area contributed by atoms with E-state index in [1.165, 1.54) is 29.3 Å². The van der Waals surface area contributed by atoms with Gasteiger partial charge in [-0.2, -0.15) is 0 Å². The molecule has 214 valence electrons. The summed E-state index contributed by atoms with van der Waals surface area (Å²) in [5, 5.41) is 6.39. The van der Waals surface area contributed by atoms with Crippen molar-refractivity contribution in [3.63, 3.8) is 0 Å². The van der Waals surface area contributed by atoms with E-state index in [2.05, 4.69) is 22.5 Å². The smallest absolute Gasteiger partial charge is 0.341 e. The molecule has 0 saturated heterocycles. The molecule has 0 radical (unpaired) electrons. The van der Waals surface area contributed by atoms with Crippen LogP contribution in [-0.4, -0.2) is 41.1 Å². The summed E-state index contributed by atoms with van der Waals surface area (Å²) >= 11 is 2.50. The standard InChI is InChI=1S/C29H30N4O6S2/c1-5-39-29(37)23-17-11-10-15(2)12-20(17)40-27(23)32-21(34)13-33-14-30-26-22(28(33)36)16(3)24(41-26)25(35)31-18-8-6-7-9-19(18)38-4/h6-9,14-15H,5,10-13H2,1-4H3,(H,31,35)(H,32,34)/t15-/m1/s1. The number of fused-ring (bicyclic) bond motifs is 2. The number of hydrogen-bond donors (Lipinski definition) is 2. The van der Waals surface area contributed by atoms with Gasteiger partial charge in [0.2, 0.25) is 5.91 Å². The molecule has 0 fully saturated rings. The SMILES string of the molecule is CCOC(=O)c1c(NC(=O)Cn2cnc3sc(C(=O)Nc4ccccc4OC)c(C)c3c2=O)sc2c1CC[C@@H](C)C2. The summed E-state index contributed by atoms with van der Waals surface area (Å²) in [6, 6.07) is 7.04. The van der Waals surface area contributed by atoms with E-state index in [1.54, 1.807) is 38.1 Å². The van der Waals surface area contributed by atoms with Crippen LogP contribution in [0.3, 0.4) is 0 Å². The van der Waals surface area contributed by atoms with Gasteiger partial charge in [-0.1, -0.05) is 19.1 Å². The fraction of sp³-hybridized carbons (Fsp3) is 0.345. The third-order valence-corrected chi connectivity index (χ3v) is 9.41. The lowest BCUT2D eigenvalue weighted by molar-refractivity contribution is -0.116. The predicted octanol–water partition coefficient (Wildman–Crippen LogP) is 5.03. The Morgan fingerprint density at radius 2 is 1.95 bits per heavy atom. The molecule has 0 spiro atoms. The number of methoxy groups -OCH3 is 1. The van der Waals surface area contributed by atoms with E-state index in [-0.39, 0.29) is 24.4 Å². The Hall–Kier alpha value is -4.03. The van der Waals surface area contributed by atoms with Gasteiger partial charge in [-0.05, 0) is 62.3 Å². The number of benzene rings is 1. The molecule has 2 N–H and O–H groups in total. The monoisotopic (exact) mass is 594 g/mol. The number of nitrogens with zero attached hydrogens (tertiary/aromatic N) is 2. The summed E-state index contributed by atoms with van der Waals surface area (Å²) in [6.45, 7) is 5.52. The van der Waals surface area contributed by atoms with Crippen LogP contribution in [0, 0.1) is 12.8 Å². The maximum absolute atomic E-state index is 13.4. The van der Waals surface area contributed by atoms with Crippen molar-refractivity contribution in [3.8, 4) is 5.75 Å². The Bertz CT molecular complexity index is 1720. The van der Waals surface area contributed by atoms with Gasteiger partial charge in [0, 0.05) is 4.88 Å². The van der Waals surface area contributed by atoms with E-state index in [0.717, 1.165) is 41.0 Å². The van der Waals surface area contributed by atoms with Crippen molar-refractivity contribution < 1.29 is 23.9 Å². The quantitative estimate of drug-likeness (QED) is 0.274. The Labute approximate surface area is 244 Å². The zero-order valence-electron chi connectivity index (χ0n) is 23.2. The normalized spacial score (nSPS) is 14.4. The first-order valence-corrected chi connectivity index (χ1v) is 14.9. The minimum Gasteiger partial charge on any atom is -0.495 e. The predicted molar refractivity (Wildman–Crippen MR) is 160 cm³/mol. The van der Waals surface area contributed by atoms with Gasteiger partial charge >= 0.3 is 5.97 Å². The molecule has 2 amide bonds. The number of esters is 1. The van der Waals surface area contributed by atoms with Gasteiger partial charge in [0.25, 0.3) is 11.5 Å². The molecule has 0 saturated carbocycles. The lowest BCUT2D eigenvalue weighted by atomic mass is 9.88. The average Bonchev–Trinajstić information content (AvgIpc) is 3.47. The van der Waals surface area contributed by atoms with Gasteiger partial charge in [-0.25, -0.2) is 9.78 Å². The molecule has 4 aromatic rings. The summed E-state index contributed by atoms with van der Waals surface area (Å²) in [4.78, 5) is 58.6. The molecule has 10 nitrogen and oxygen atoms in total. The first kappa shape index (κ1) is 28.5. The second-order valence-electron chi connectivity index (χ2n) is 9.89. The van der Waals surface area contributed by atoms with Crippen molar-refractivity contribution in [2.24, 2.45) is 5.92 Å². The Balaban J connectivity index is 1.39. The highest BCUT2D eigenvalue weighted by atomic mass is 32.1. The highest BCUT2D eigenvalue weighted by molar-refractivity contribution is 7.20. The third kappa shape index (κ3) is 5.62. The number of ether oxygens (including phenoxy) is 2. The van der Waals surface area contributed by atoms with E-state index in [4.69, 9.17) is 9.47 Å². The third-order valence-electron chi connectivity index (χ3n) is 7.04. The minimum atomic E-state index is -0.465. The molecule has 1 aliphatic rings. The number of carbonyl (C=O) groups is 3. The van der Waals surface area contributed by atoms with E-state index in [0.29, 0.717) is 43.2 Å². The maximum Gasteiger partial charge on any atom is 0.341 e. The molecular weight excluding hydrogens is 564 g/mol. The van der Waals surface area contributed by atoms with Gasteiger partial charge in [-0.15, -0.1) is 22.7 Å². The molecule has 12 heteroatoms. The molecule has 1 aromatic carbocycles. The van der Waals surface area contributed by atoms with E-state index >= 15 is 0 Å². The second-order valence-corrected chi connectivity index (χ2v) is 12.0. The number of rotatable bonds is 8. The van der Waals surface area contributed by atoms with Crippen LogP contribution < -0.4 is 20.9 Å². The van der Waals surface area contributed by atoms with Gasteiger partial charge in [0.1, 0.15) is 22.1 Å². The molecule has 41 heavy (non-hydrogen) atoms. The van der Waals surface area contributed by atoms with E-state index in [1.807, 2.05) is 0 Å². The molecule has 0 bridgehead atoms. The topological polar surface area (TPSA) is 129 Å². The Morgan fingerprint density at radius 1 is 1.17 bits per heavy atom. The number of hydrogen-bond acceptors (Lipinski definition) is 9. The fourth-order valence-corrected chi connectivity index (χ4v) is 7.44. The van der Waals surface area contributed by atoms with Crippen molar-refractivity contribution in [2.45, 2.75) is 46.6 Å². The average molecular weight is 595 g/mol. The van der Waals surface area contributed by atoms with Crippen LogP contribution in [0.5, 0.6) is 5.75 Å². The maximum atomic E-state index is 13.4. The van der Waals surface area contributed by atoms with Crippen LogP contribution in [0.25, 0.3) is 10.2 Å². The molecule has 5 rings (SSSR count). The molecule has 1 aliphatic carbocycles. The highest BCUT2D eigenvalue weighted by Gasteiger charge is 2.29. The second kappa shape index (κ2) is 11.8. The van der Waals surface area contributed by atoms with Crippen LogP contribution >= 0.6 is 22.7 Å². The van der Waals surface area contributed by atoms with Crippen molar-refractivity contribution in [3.05, 3.63) is 67.4 Å². The van der Waals surface area contributed by atoms with Crippen molar-refractivity contribution in [1.29, 1.82) is 0 Å². The molecule has 0 unspecified atom stereocenters. The first-order chi connectivity index (χ1) is 19.7. The number of carbonyl (C=O) groups excluding carboxylic acids is 3. The fourth-order valence-electron chi connectivity index (χ4n) is 4.99. The van der Waals surface area contributed by atoms with Crippen LogP contribution in [0.15, 0.2) is 35.4 Å². The first-order valence-electron chi connectivity index (χ1n) is 13.3. The number of aryl methyl sites for hydroxylation is 1. The molecule has 3 aromatic heterocycles. The van der Waals surface area contributed by atoms with Crippen LogP contribution in [0.4, 0.5) is 10.7 Å². The summed E-state index contributed by atoms with van der Waals surface area (Å²) in [7, 11) is 1.52. The molecule has 0 aliphatic heterocycles. The highest BCUT2D eigenvalue weighted by Crippen LogP contribution is 2.40. The van der Waals surface area contributed by atoms with Gasteiger partial charge in [0.05, 0.1) is 41.6 Å². The summed E-state index contributed by atoms with van der Waals surface area (Å²) in [5.74, 6) is -0.304. The largest absolute Gasteiger partial charge is 0.495 e. The van der Waals surface area contributed by atoms with Crippen molar-refractivity contribution in [1.82, 2.24) is 9.55 Å². The van der Waals surface area contributed by atoms with Crippen molar-refractivity contribution >= 4 is 61.4 Å². The van der Waals surface area contributed by atoms with Gasteiger partial charge in [0.15, 0.2) is 0 Å². The Morgan fingerprint density at radius 3 is 2.71 bits per heavy atom. The zero-order valence-corrected chi connectivity index (χ0v) is 24.8. The summed E-state index contributed by atoms with van der Waals surface area (Å²) < 4.78 is 11.8. The number of thiophene rings is 2. The van der Waals surface area contributed by atoms with Crippen molar-refractivity contribution in [2.75, 3.05) is 24.4 Å². The van der Waals surface area contributed by atoms with Crippen LogP contribution in [0.2, 0.25) is 0 Å². The van der Waals surface area contributed by atoms with E-state index in [9.17, 15) is 19.2 Å². The lowest BCUT2D eigenvalue weighted by Gasteiger charge is -2.18. The minimum absolute atomic E-state index is 0.229. The summed E-state index contributed by atoms with van der Waals surface area (Å²) in [6.07, 6.45) is 3.85. The molecule has 1 atom stereocenters. The number of nitrogens with one attached hydrogen (secondary N) is 2. The number of aromatic nitrogens is 2. The molecule has 3 heterocycles. The zero-order chi connectivity index (χ0) is 29.3. The number of para-hydroxylation sites is 2. The summed E-state index contributed by atoms with van der Waals surface area (Å²) in [5.41, 5.74) is 1.91. The number of anilines is 2. The Kier molecular flexibility index (Phi) is 8.22. The van der Waals surface area contributed by atoms with Gasteiger partial charge in [-0.3, -0.25) is 19.0 Å². The molecular formula is C29H30N4O6S2. The number of amides is 2. The van der Waals surface area contributed by atoms with Gasteiger partial charge < -0.3 is 20.1 Å². The van der Waals surface area contributed by atoms with Crippen LogP contribution in [0.1, 0.15) is 56.3 Å². The van der Waals surface area contributed by atoms with Crippen LogP contribution in [-0.2, 0) is 28.9 Å².